The Labute approximate surface area is 190 Å². The number of hydrogen-bond acceptors (Lipinski definition) is 7. The van der Waals surface area contributed by atoms with Gasteiger partial charge in [-0.2, -0.15) is 0 Å². The van der Waals surface area contributed by atoms with Crippen LogP contribution in [0.25, 0.3) is 0 Å². The van der Waals surface area contributed by atoms with Crippen molar-refractivity contribution in [1.82, 2.24) is 0 Å². The predicted octanol–water partition coefficient (Wildman–Crippen LogP) is 4.22. The maximum absolute atomic E-state index is 11.5. The van der Waals surface area contributed by atoms with Crippen LogP contribution in [0, 0.1) is 0 Å². The number of rotatable bonds is 5. The summed E-state index contributed by atoms with van der Waals surface area (Å²) in [6.45, 7) is 21.2. The van der Waals surface area contributed by atoms with Gasteiger partial charge >= 0.3 is 17.1 Å². The molecule has 6 atom stereocenters. The Kier molecular flexibility index (Phi) is 7.27. The molecular weight excluding hydrogens is 432 g/mol. The van der Waals surface area contributed by atoms with Crippen LogP contribution in [-0.2, 0) is 27.2 Å². The maximum Gasteiger partial charge on any atom is 0.335 e. The van der Waals surface area contributed by atoms with Gasteiger partial charge in [0.25, 0.3) is 0 Å². The highest BCUT2D eigenvalue weighted by atomic mass is 28.5. The zero-order valence-electron chi connectivity index (χ0n) is 21.2. The molecule has 0 amide bonds. The average Bonchev–Trinajstić information content (AvgIpc) is 2.86. The van der Waals surface area contributed by atoms with Crippen LogP contribution in [0.4, 0.5) is 0 Å². The molecule has 0 bridgehead atoms. The second-order valence-electron chi connectivity index (χ2n) is 11.1. The van der Waals surface area contributed by atoms with Crippen molar-refractivity contribution in [2.45, 2.75) is 134 Å². The Morgan fingerprint density at radius 3 is 1.55 bits per heavy atom. The van der Waals surface area contributed by atoms with Gasteiger partial charge in [-0.25, -0.2) is 0 Å². The molecule has 1 N–H and O–H groups in total. The molecule has 7 nitrogen and oxygen atoms in total. The van der Waals surface area contributed by atoms with Crippen molar-refractivity contribution < 1.29 is 32.3 Å². The zero-order chi connectivity index (χ0) is 23.5. The van der Waals surface area contributed by atoms with Crippen LogP contribution in [0.3, 0.4) is 0 Å². The van der Waals surface area contributed by atoms with E-state index in [1.807, 2.05) is 13.8 Å². The number of methoxy groups -OCH3 is 1. The molecule has 0 aromatic rings. The molecular formula is C22H44O7Si2. The van der Waals surface area contributed by atoms with E-state index in [1.54, 1.807) is 7.11 Å². The summed E-state index contributed by atoms with van der Waals surface area (Å²) in [4.78, 5) is 0. The molecule has 0 unspecified atom stereocenters. The largest absolute Gasteiger partial charge is 0.414 e. The van der Waals surface area contributed by atoms with Crippen LogP contribution in [0.5, 0.6) is 0 Å². The molecule has 9 heteroatoms. The van der Waals surface area contributed by atoms with Gasteiger partial charge in [-0.3, -0.25) is 0 Å². The zero-order valence-corrected chi connectivity index (χ0v) is 23.2. The lowest BCUT2D eigenvalue weighted by atomic mass is 9.85. The molecule has 3 fully saturated rings. The van der Waals surface area contributed by atoms with Crippen LogP contribution >= 0.6 is 0 Å². The van der Waals surface area contributed by atoms with Crippen molar-refractivity contribution in [3.05, 3.63) is 0 Å². The predicted molar refractivity (Wildman–Crippen MR) is 123 cm³/mol. The van der Waals surface area contributed by atoms with E-state index < -0.39 is 59.5 Å². The van der Waals surface area contributed by atoms with E-state index in [0.29, 0.717) is 0 Å². The van der Waals surface area contributed by atoms with E-state index in [1.165, 1.54) is 0 Å². The first kappa shape index (κ1) is 25.8. The van der Waals surface area contributed by atoms with Crippen molar-refractivity contribution in [2.24, 2.45) is 0 Å². The van der Waals surface area contributed by atoms with Crippen molar-refractivity contribution >= 4 is 17.1 Å². The Hall–Kier alpha value is 0.154. The van der Waals surface area contributed by atoms with Crippen LogP contribution in [0.15, 0.2) is 0 Å². The van der Waals surface area contributed by atoms with Gasteiger partial charge in [0, 0.05) is 7.11 Å². The molecule has 0 spiro atoms. The van der Waals surface area contributed by atoms with E-state index in [9.17, 15) is 5.11 Å². The number of fused-ring (bicyclic) bond motifs is 2. The minimum atomic E-state index is -2.80. The Morgan fingerprint density at radius 1 is 0.710 bits per heavy atom. The minimum absolute atomic E-state index is 0.197. The van der Waals surface area contributed by atoms with Gasteiger partial charge in [0.15, 0.2) is 5.79 Å². The van der Waals surface area contributed by atoms with Crippen molar-refractivity contribution in [3.8, 4) is 0 Å². The number of aliphatic hydroxyl groups is 1. The first-order valence-electron chi connectivity index (χ1n) is 11.8. The molecule has 1 saturated carbocycles. The normalized spacial score (nSPS) is 39.1. The Balaban J connectivity index is 2.17. The molecule has 3 aliphatic rings. The molecule has 1 aliphatic carbocycles. The second-order valence-corrected chi connectivity index (χ2v) is 19.9. The number of aliphatic hydroxyl groups excluding tert-OH is 1. The highest BCUT2D eigenvalue weighted by Crippen LogP contribution is 2.51. The fourth-order valence-electron chi connectivity index (χ4n) is 5.70. The van der Waals surface area contributed by atoms with E-state index in [4.69, 9.17) is 27.2 Å². The molecule has 2 heterocycles. The number of ether oxygens (including phenoxy) is 3. The van der Waals surface area contributed by atoms with Gasteiger partial charge in [-0.15, -0.1) is 0 Å². The van der Waals surface area contributed by atoms with E-state index in [2.05, 4.69) is 55.4 Å². The third-order valence-corrected chi connectivity index (χ3v) is 17.5. The lowest BCUT2D eigenvalue weighted by Crippen LogP contribution is -2.66. The molecule has 2 saturated heterocycles. The SMILES string of the molecule is CO[C@@H]1[C@H]2OC(C)(C)O[C@H]2[C@H](O)[C@@H]2O[Si](C(C)C)(C(C)C)O[Si](C(C)C)(C(C)C)O[C@@H]12. The van der Waals surface area contributed by atoms with Crippen LogP contribution < -0.4 is 0 Å². The topological polar surface area (TPSA) is 75.6 Å². The van der Waals surface area contributed by atoms with Gasteiger partial charge in [-0.05, 0) is 36.0 Å². The molecule has 3 rings (SSSR count). The first-order valence-corrected chi connectivity index (χ1v) is 15.8. The Bertz CT molecular complexity index is 623. The fraction of sp³-hybridized carbons (Fsp3) is 1.00. The van der Waals surface area contributed by atoms with E-state index in [0.717, 1.165) is 0 Å². The average molecular weight is 477 g/mol. The van der Waals surface area contributed by atoms with Gasteiger partial charge < -0.3 is 32.3 Å². The lowest BCUT2D eigenvalue weighted by Gasteiger charge is -2.46. The Morgan fingerprint density at radius 2 is 1.13 bits per heavy atom. The summed E-state index contributed by atoms with van der Waals surface area (Å²) in [5, 5.41) is 11.5. The van der Waals surface area contributed by atoms with Crippen LogP contribution in [-0.4, -0.2) is 71.7 Å². The van der Waals surface area contributed by atoms with Gasteiger partial charge in [-0.1, -0.05) is 55.4 Å². The lowest BCUT2D eigenvalue weighted by molar-refractivity contribution is -0.188. The van der Waals surface area contributed by atoms with Gasteiger partial charge in [0.2, 0.25) is 0 Å². The summed E-state index contributed by atoms with van der Waals surface area (Å²) in [5.74, 6) is -0.803. The molecule has 31 heavy (non-hydrogen) atoms. The fourth-order valence-corrected chi connectivity index (χ4v) is 17.0. The third-order valence-electron chi connectivity index (χ3n) is 7.26. The first-order chi connectivity index (χ1) is 14.2. The van der Waals surface area contributed by atoms with Crippen LogP contribution in [0.1, 0.15) is 69.2 Å². The summed E-state index contributed by atoms with van der Waals surface area (Å²) in [6, 6.07) is 0. The van der Waals surface area contributed by atoms with E-state index in [-0.39, 0.29) is 22.2 Å². The second kappa shape index (κ2) is 8.74. The summed E-state index contributed by atoms with van der Waals surface area (Å²) in [5.41, 5.74) is 0.817. The summed E-state index contributed by atoms with van der Waals surface area (Å²) in [7, 11) is -3.90. The van der Waals surface area contributed by atoms with Gasteiger partial charge in [0.05, 0.1) is 0 Å². The number of hydrogen-bond donors (Lipinski definition) is 1. The van der Waals surface area contributed by atoms with Crippen molar-refractivity contribution in [2.75, 3.05) is 7.11 Å². The molecule has 0 aromatic heterocycles. The standard InChI is InChI=1S/C22H44O7Si2/c1-12(2)30(13(3)4)27-18-16(23)17-20(26-22(9,10)25-17)19(24-11)21(18)28-31(29-30,14(5)6)15(7)8/h12-21,23H,1-11H3/t16-,17-,18-,19+,20-,21+/m0/s1. The van der Waals surface area contributed by atoms with Crippen molar-refractivity contribution in [1.29, 1.82) is 0 Å². The summed E-state index contributed by atoms with van der Waals surface area (Å²) >= 11 is 0. The van der Waals surface area contributed by atoms with Gasteiger partial charge in [0.1, 0.15) is 36.6 Å². The highest BCUT2D eigenvalue weighted by molar-refractivity contribution is 6.84. The smallest absolute Gasteiger partial charge is 0.335 e. The van der Waals surface area contributed by atoms with E-state index >= 15 is 0 Å². The molecule has 2 aliphatic heterocycles. The third kappa shape index (κ3) is 4.12. The van der Waals surface area contributed by atoms with Crippen LogP contribution in [0.2, 0.25) is 22.2 Å². The maximum atomic E-state index is 11.5. The molecule has 182 valence electrons. The monoisotopic (exact) mass is 476 g/mol. The summed E-state index contributed by atoms with van der Waals surface area (Å²) < 4.78 is 39.5. The summed E-state index contributed by atoms with van der Waals surface area (Å²) in [6.07, 6.45) is -3.35. The van der Waals surface area contributed by atoms with Crippen molar-refractivity contribution in [3.63, 3.8) is 0 Å². The molecule has 0 aromatic carbocycles. The minimum Gasteiger partial charge on any atom is -0.414 e. The quantitative estimate of drug-likeness (QED) is 0.595. The molecule has 0 radical (unpaired) electrons. The highest BCUT2D eigenvalue weighted by Gasteiger charge is 2.67.